The van der Waals surface area contributed by atoms with Gasteiger partial charge in [0.15, 0.2) is 0 Å². The first kappa shape index (κ1) is 16.7. The van der Waals surface area contributed by atoms with Gasteiger partial charge in [0.25, 0.3) is 0 Å². The maximum atomic E-state index is 11.9. The summed E-state index contributed by atoms with van der Waals surface area (Å²) in [5.41, 5.74) is 0. The van der Waals surface area contributed by atoms with Crippen LogP contribution >= 0.6 is 11.6 Å². The lowest BCUT2D eigenvalue weighted by molar-refractivity contribution is -0.132. The first-order valence-corrected chi connectivity index (χ1v) is 6.61. The number of carbonyl (C=O) groups excluding carboxylic acids is 1. The minimum atomic E-state index is 0.184. The molecule has 1 amide bonds. The van der Waals surface area contributed by atoms with E-state index in [4.69, 9.17) is 21.1 Å². The van der Waals surface area contributed by atoms with E-state index < -0.39 is 0 Å². The number of unbranched alkanes of at least 4 members (excludes halogenated alkanes) is 1. The Morgan fingerprint density at radius 1 is 1.06 bits per heavy atom. The SMILES string of the molecule is COCCCN(CCOC)C(=O)CCCCCl. The van der Waals surface area contributed by atoms with Gasteiger partial charge in [-0.3, -0.25) is 4.79 Å². The Kier molecular flexibility index (Phi) is 11.9. The van der Waals surface area contributed by atoms with Crippen LogP contribution in [0, 0.1) is 0 Å². The zero-order valence-corrected chi connectivity index (χ0v) is 11.7. The van der Waals surface area contributed by atoms with Gasteiger partial charge in [0, 0.05) is 46.2 Å². The van der Waals surface area contributed by atoms with Crippen molar-refractivity contribution >= 4 is 17.5 Å². The molecule has 0 unspecified atom stereocenters. The summed E-state index contributed by atoms with van der Waals surface area (Å²) in [7, 11) is 3.31. The van der Waals surface area contributed by atoms with Crippen molar-refractivity contribution < 1.29 is 14.3 Å². The fraction of sp³-hybridized carbons (Fsp3) is 0.917. The molecule has 0 aliphatic rings. The van der Waals surface area contributed by atoms with E-state index in [2.05, 4.69) is 0 Å². The van der Waals surface area contributed by atoms with Gasteiger partial charge in [0.1, 0.15) is 0 Å². The molecule has 0 fully saturated rings. The van der Waals surface area contributed by atoms with Crippen LogP contribution in [0.2, 0.25) is 0 Å². The minimum Gasteiger partial charge on any atom is -0.385 e. The van der Waals surface area contributed by atoms with Crippen LogP contribution in [0.15, 0.2) is 0 Å². The molecule has 0 aliphatic carbocycles. The Bertz CT molecular complexity index is 191. The standard InChI is InChI=1S/C12H24ClNO3/c1-16-10-5-8-14(9-11-17-2)12(15)6-3-4-7-13/h3-11H2,1-2H3. The Balaban J connectivity index is 3.91. The molecular formula is C12H24ClNO3. The number of nitrogens with zero attached hydrogens (tertiary/aromatic N) is 1. The number of ether oxygens (including phenoxy) is 2. The number of hydrogen-bond acceptors (Lipinski definition) is 3. The summed E-state index contributed by atoms with van der Waals surface area (Å²) in [6.45, 7) is 2.64. The number of rotatable bonds is 11. The molecule has 0 saturated carbocycles. The first-order chi connectivity index (χ1) is 8.26. The summed E-state index contributed by atoms with van der Waals surface area (Å²) >= 11 is 5.59. The number of amides is 1. The molecule has 0 N–H and O–H groups in total. The van der Waals surface area contributed by atoms with Crippen molar-refractivity contribution in [1.82, 2.24) is 4.90 Å². The molecule has 17 heavy (non-hydrogen) atoms. The predicted octanol–water partition coefficient (Wildman–Crippen LogP) is 1.91. The minimum absolute atomic E-state index is 0.184. The Labute approximate surface area is 109 Å². The molecule has 0 aromatic carbocycles. The number of carbonyl (C=O) groups is 1. The van der Waals surface area contributed by atoms with E-state index in [1.807, 2.05) is 4.90 Å². The Morgan fingerprint density at radius 3 is 2.35 bits per heavy atom. The normalized spacial score (nSPS) is 10.5. The molecule has 0 aromatic rings. The van der Waals surface area contributed by atoms with Gasteiger partial charge < -0.3 is 14.4 Å². The van der Waals surface area contributed by atoms with E-state index in [9.17, 15) is 4.79 Å². The van der Waals surface area contributed by atoms with E-state index in [-0.39, 0.29) is 5.91 Å². The molecule has 0 radical (unpaired) electrons. The Hall–Kier alpha value is -0.320. The molecule has 4 nitrogen and oxygen atoms in total. The highest BCUT2D eigenvalue weighted by Gasteiger charge is 2.12. The summed E-state index contributed by atoms with van der Waals surface area (Å²) in [4.78, 5) is 13.7. The molecular weight excluding hydrogens is 242 g/mol. The van der Waals surface area contributed by atoms with Crippen molar-refractivity contribution in [2.45, 2.75) is 25.7 Å². The highest BCUT2D eigenvalue weighted by molar-refractivity contribution is 6.17. The lowest BCUT2D eigenvalue weighted by atomic mass is 10.2. The van der Waals surface area contributed by atoms with Crippen molar-refractivity contribution in [2.75, 3.05) is 46.4 Å². The third-order valence-corrected chi connectivity index (χ3v) is 2.74. The van der Waals surface area contributed by atoms with Gasteiger partial charge in [-0.15, -0.1) is 11.6 Å². The summed E-state index contributed by atoms with van der Waals surface area (Å²) in [6.07, 6.45) is 3.18. The van der Waals surface area contributed by atoms with Crippen LogP contribution in [0.25, 0.3) is 0 Å². The maximum Gasteiger partial charge on any atom is 0.222 e. The van der Waals surface area contributed by atoms with Gasteiger partial charge in [-0.25, -0.2) is 0 Å². The van der Waals surface area contributed by atoms with Crippen LogP contribution in [0.4, 0.5) is 0 Å². The second-order valence-electron chi connectivity index (χ2n) is 3.87. The third kappa shape index (κ3) is 9.39. The van der Waals surface area contributed by atoms with Crippen LogP contribution < -0.4 is 0 Å². The largest absolute Gasteiger partial charge is 0.385 e. The molecule has 0 rings (SSSR count). The predicted molar refractivity (Wildman–Crippen MR) is 69.5 cm³/mol. The van der Waals surface area contributed by atoms with E-state index in [1.165, 1.54) is 0 Å². The molecule has 0 aromatic heterocycles. The fourth-order valence-corrected chi connectivity index (χ4v) is 1.68. The zero-order valence-electron chi connectivity index (χ0n) is 10.9. The summed E-state index contributed by atoms with van der Waals surface area (Å²) in [5, 5.41) is 0. The van der Waals surface area contributed by atoms with Gasteiger partial charge in [0.05, 0.1) is 6.61 Å². The lowest BCUT2D eigenvalue weighted by Crippen LogP contribution is -2.35. The molecule has 0 atom stereocenters. The Morgan fingerprint density at radius 2 is 1.76 bits per heavy atom. The summed E-state index contributed by atoms with van der Waals surface area (Å²) < 4.78 is 10.00. The van der Waals surface area contributed by atoms with Crippen LogP contribution in [-0.4, -0.2) is 57.2 Å². The second-order valence-corrected chi connectivity index (χ2v) is 4.24. The van der Waals surface area contributed by atoms with Crippen LogP contribution in [-0.2, 0) is 14.3 Å². The van der Waals surface area contributed by atoms with E-state index in [0.29, 0.717) is 32.1 Å². The monoisotopic (exact) mass is 265 g/mol. The van der Waals surface area contributed by atoms with Gasteiger partial charge in [0.2, 0.25) is 5.91 Å². The lowest BCUT2D eigenvalue weighted by Gasteiger charge is -2.22. The molecule has 5 heteroatoms. The third-order valence-electron chi connectivity index (χ3n) is 2.47. The second kappa shape index (κ2) is 12.1. The van der Waals surface area contributed by atoms with Crippen molar-refractivity contribution in [3.8, 4) is 0 Å². The zero-order chi connectivity index (χ0) is 12.9. The van der Waals surface area contributed by atoms with Crippen LogP contribution in [0.5, 0.6) is 0 Å². The average Bonchev–Trinajstić information content (AvgIpc) is 2.33. The van der Waals surface area contributed by atoms with Gasteiger partial charge in [-0.1, -0.05) is 0 Å². The summed E-state index contributed by atoms with van der Waals surface area (Å²) in [6, 6.07) is 0. The maximum absolute atomic E-state index is 11.9. The number of methoxy groups -OCH3 is 2. The number of alkyl halides is 1. The molecule has 0 saturated heterocycles. The number of halogens is 1. The van der Waals surface area contributed by atoms with Gasteiger partial charge in [-0.2, -0.15) is 0 Å². The van der Waals surface area contributed by atoms with Crippen LogP contribution in [0.1, 0.15) is 25.7 Å². The highest BCUT2D eigenvalue weighted by atomic mass is 35.5. The van der Waals surface area contributed by atoms with E-state index in [0.717, 1.165) is 25.8 Å². The topological polar surface area (TPSA) is 38.8 Å². The highest BCUT2D eigenvalue weighted by Crippen LogP contribution is 2.03. The van der Waals surface area contributed by atoms with Crippen molar-refractivity contribution in [3.63, 3.8) is 0 Å². The molecule has 0 heterocycles. The summed E-state index contributed by atoms with van der Waals surface area (Å²) in [5.74, 6) is 0.804. The van der Waals surface area contributed by atoms with Gasteiger partial charge >= 0.3 is 0 Å². The van der Waals surface area contributed by atoms with E-state index >= 15 is 0 Å². The quantitative estimate of drug-likeness (QED) is 0.423. The van der Waals surface area contributed by atoms with Crippen LogP contribution in [0.3, 0.4) is 0 Å². The molecule has 0 aliphatic heterocycles. The molecule has 0 bridgehead atoms. The van der Waals surface area contributed by atoms with Gasteiger partial charge in [-0.05, 0) is 19.3 Å². The average molecular weight is 266 g/mol. The molecule has 102 valence electrons. The van der Waals surface area contributed by atoms with Crippen molar-refractivity contribution in [2.24, 2.45) is 0 Å². The van der Waals surface area contributed by atoms with Crippen molar-refractivity contribution in [1.29, 1.82) is 0 Å². The first-order valence-electron chi connectivity index (χ1n) is 6.07. The fourth-order valence-electron chi connectivity index (χ4n) is 1.49. The van der Waals surface area contributed by atoms with E-state index in [1.54, 1.807) is 14.2 Å². The van der Waals surface area contributed by atoms with Crippen molar-refractivity contribution in [3.05, 3.63) is 0 Å². The smallest absolute Gasteiger partial charge is 0.222 e. The number of hydrogen-bond donors (Lipinski definition) is 0. The molecule has 0 spiro atoms.